The van der Waals surface area contributed by atoms with Crippen molar-refractivity contribution < 1.29 is 5.11 Å². The van der Waals surface area contributed by atoms with Gasteiger partial charge in [-0.1, -0.05) is 19.8 Å². The minimum atomic E-state index is -0.216. The topological polar surface area (TPSA) is 38.1 Å². The highest BCUT2D eigenvalue weighted by molar-refractivity contribution is 5.24. The van der Waals surface area contributed by atoms with Crippen molar-refractivity contribution in [1.82, 2.24) is 9.78 Å². The maximum atomic E-state index is 9.85. The minimum Gasteiger partial charge on any atom is -0.393 e. The number of aryl methyl sites for hydroxylation is 2. The van der Waals surface area contributed by atoms with E-state index in [9.17, 15) is 5.11 Å². The third-order valence-electron chi connectivity index (χ3n) is 2.99. The second kappa shape index (κ2) is 5.31. The Hall–Kier alpha value is -0.830. The van der Waals surface area contributed by atoms with E-state index in [0.29, 0.717) is 0 Å². The summed E-state index contributed by atoms with van der Waals surface area (Å²) < 4.78 is 1.89. The van der Waals surface area contributed by atoms with Gasteiger partial charge in [-0.05, 0) is 25.8 Å². The molecule has 1 unspecified atom stereocenters. The number of rotatable bonds is 5. The Labute approximate surface area is 92.1 Å². The minimum absolute atomic E-state index is 0.216. The maximum Gasteiger partial charge on any atom is 0.0629 e. The largest absolute Gasteiger partial charge is 0.393 e. The molecule has 0 aromatic carbocycles. The summed E-state index contributed by atoms with van der Waals surface area (Å²) in [6, 6.07) is 0. The molecule has 86 valence electrons. The van der Waals surface area contributed by atoms with Gasteiger partial charge in [0.15, 0.2) is 0 Å². The molecule has 1 rings (SSSR count). The monoisotopic (exact) mass is 210 g/mol. The van der Waals surface area contributed by atoms with Crippen LogP contribution < -0.4 is 0 Å². The van der Waals surface area contributed by atoms with Crippen LogP contribution in [0.1, 0.15) is 43.1 Å². The van der Waals surface area contributed by atoms with Crippen LogP contribution in [0.4, 0.5) is 0 Å². The smallest absolute Gasteiger partial charge is 0.0629 e. The van der Waals surface area contributed by atoms with Gasteiger partial charge < -0.3 is 5.11 Å². The van der Waals surface area contributed by atoms with Crippen molar-refractivity contribution in [2.75, 3.05) is 0 Å². The van der Waals surface area contributed by atoms with E-state index in [4.69, 9.17) is 0 Å². The fourth-order valence-corrected chi connectivity index (χ4v) is 1.89. The molecule has 1 aromatic rings. The van der Waals surface area contributed by atoms with Gasteiger partial charge in [0, 0.05) is 19.2 Å². The molecule has 0 bridgehead atoms. The first-order valence-electron chi connectivity index (χ1n) is 5.73. The van der Waals surface area contributed by atoms with E-state index in [0.717, 1.165) is 31.4 Å². The van der Waals surface area contributed by atoms with Gasteiger partial charge in [-0.15, -0.1) is 0 Å². The molecule has 1 N–H and O–H groups in total. The van der Waals surface area contributed by atoms with Gasteiger partial charge >= 0.3 is 0 Å². The molecule has 0 radical (unpaired) electrons. The standard InChI is InChI=1S/C12H22N2O/c1-5-6-7-11(15)8-12-9(2)13-14(4)10(12)3/h11,15H,5-8H2,1-4H3. The Morgan fingerprint density at radius 1 is 1.40 bits per heavy atom. The Balaban J connectivity index is 2.63. The molecule has 3 nitrogen and oxygen atoms in total. The number of aromatic nitrogens is 2. The van der Waals surface area contributed by atoms with Gasteiger partial charge in [-0.2, -0.15) is 5.10 Å². The van der Waals surface area contributed by atoms with Gasteiger partial charge in [-0.3, -0.25) is 4.68 Å². The van der Waals surface area contributed by atoms with E-state index in [1.165, 1.54) is 11.3 Å². The van der Waals surface area contributed by atoms with Gasteiger partial charge in [0.25, 0.3) is 0 Å². The van der Waals surface area contributed by atoms with E-state index in [2.05, 4.69) is 18.9 Å². The van der Waals surface area contributed by atoms with Gasteiger partial charge in [0.1, 0.15) is 0 Å². The van der Waals surface area contributed by atoms with Crippen molar-refractivity contribution in [2.24, 2.45) is 7.05 Å². The predicted molar refractivity (Wildman–Crippen MR) is 61.9 cm³/mol. The zero-order valence-corrected chi connectivity index (χ0v) is 10.2. The third kappa shape index (κ3) is 3.06. The van der Waals surface area contributed by atoms with E-state index >= 15 is 0 Å². The first-order valence-corrected chi connectivity index (χ1v) is 5.73. The van der Waals surface area contributed by atoms with Crippen LogP contribution in [0.25, 0.3) is 0 Å². The highest BCUT2D eigenvalue weighted by Gasteiger charge is 2.13. The Kier molecular flexibility index (Phi) is 4.33. The summed E-state index contributed by atoms with van der Waals surface area (Å²) in [4.78, 5) is 0. The second-order valence-electron chi connectivity index (χ2n) is 4.27. The molecule has 0 aliphatic carbocycles. The quantitative estimate of drug-likeness (QED) is 0.808. The second-order valence-corrected chi connectivity index (χ2v) is 4.27. The number of aliphatic hydroxyl groups is 1. The summed E-state index contributed by atoms with van der Waals surface area (Å²) in [6.07, 6.45) is 3.66. The highest BCUT2D eigenvalue weighted by atomic mass is 16.3. The van der Waals surface area contributed by atoms with Gasteiger partial charge in [0.2, 0.25) is 0 Å². The molecule has 3 heteroatoms. The van der Waals surface area contributed by atoms with Crippen LogP contribution in [-0.2, 0) is 13.5 Å². The maximum absolute atomic E-state index is 9.85. The molecule has 1 aromatic heterocycles. The van der Waals surface area contributed by atoms with E-state index in [1.807, 2.05) is 18.7 Å². The van der Waals surface area contributed by atoms with Gasteiger partial charge in [-0.25, -0.2) is 0 Å². The van der Waals surface area contributed by atoms with Crippen LogP contribution in [0.5, 0.6) is 0 Å². The summed E-state index contributed by atoms with van der Waals surface area (Å²) in [7, 11) is 1.95. The van der Waals surface area contributed by atoms with Gasteiger partial charge in [0.05, 0.1) is 11.8 Å². The van der Waals surface area contributed by atoms with Crippen LogP contribution in [0, 0.1) is 13.8 Å². The molecule has 15 heavy (non-hydrogen) atoms. The van der Waals surface area contributed by atoms with E-state index in [1.54, 1.807) is 0 Å². The molecular formula is C12H22N2O. The molecule has 0 aliphatic rings. The number of aliphatic hydroxyl groups excluding tert-OH is 1. The fourth-order valence-electron chi connectivity index (χ4n) is 1.89. The van der Waals surface area contributed by atoms with Crippen LogP contribution in [0.2, 0.25) is 0 Å². The lowest BCUT2D eigenvalue weighted by atomic mass is 10.0. The lowest BCUT2D eigenvalue weighted by Gasteiger charge is -2.10. The van der Waals surface area contributed by atoms with Crippen molar-refractivity contribution >= 4 is 0 Å². The molecule has 0 aliphatic heterocycles. The normalized spacial score (nSPS) is 13.1. The Morgan fingerprint density at radius 3 is 2.53 bits per heavy atom. The van der Waals surface area contributed by atoms with Crippen LogP contribution in [-0.4, -0.2) is 21.0 Å². The highest BCUT2D eigenvalue weighted by Crippen LogP contribution is 2.16. The van der Waals surface area contributed by atoms with Crippen LogP contribution in [0.3, 0.4) is 0 Å². The molecule has 0 amide bonds. The third-order valence-corrected chi connectivity index (χ3v) is 2.99. The first kappa shape index (κ1) is 12.2. The number of hydrogen-bond acceptors (Lipinski definition) is 2. The Bertz CT molecular complexity index is 318. The number of unbranched alkanes of at least 4 members (excludes halogenated alkanes) is 1. The lowest BCUT2D eigenvalue weighted by Crippen LogP contribution is -2.11. The fraction of sp³-hybridized carbons (Fsp3) is 0.750. The molecule has 1 heterocycles. The molecule has 0 saturated carbocycles. The zero-order chi connectivity index (χ0) is 11.4. The summed E-state index contributed by atoms with van der Waals surface area (Å²) in [5.41, 5.74) is 3.43. The Morgan fingerprint density at radius 2 is 2.07 bits per heavy atom. The lowest BCUT2D eigenvalue weighted by molar-refractivity contribution is 0.161. The molecular weight excluding hydrogens is 188 g/mol. The number of nitrogens with zero attached hydrogens (tertiary/aromatic N) is 2. The van der Waals surface area contributed by atoms with Crippen molar-refractivity contribution in [2.45, 2.75) is 52.6 Å². The predicted octanol–water partition coefficient (Wildman–Crippen LogP) is 2.13. The average molecular weight is 210 g/mol. The van der Waals surface area contributed by atoms with Crippen molar-refractivity contribution in [3.05, 3.63) is 17.0 Å². The average Bonchev–Trinajstić information content (AvgIpc) is 2.42. The number of hydrogen-bond donors (Lipinski definition) is 1. The SMILES string of the molecule is CCCCC(O)Cc1c(C)nn(C)c1C. The van der Waals surface area contributed by atoms with Crippen molar-refractivity contribution in [3.63, 3.8) is 0 Å². The molecule has 1 atom stereocenters. The van der Waals surface area contributed by atoms with Crippen molar-refractivity contribution in [1.29, 1.82) is 0 Å². The van der Waals surface area contributed by atoms with Crippen LogP contribution in [0.15, 0.2) is 0 Å². The van der Waals surface area contributed by atoms with E-state index < -0.39 is 0 Å². The molecule has 0 spiro atoms. The van der Waals surface area contributed by atoms with E-state index in [-0.39, 0.29) is 6.10 Å². The summed E-state index contributed by atoms with van der Waals surface area (Å²) >= 11 is 0. The molecule has 0 saturated heterocycles. The molecule has 0 fully saturated rings. The summed E-state index contributed by atoms with van der Waals surface area (Å²) in [5, 5.41) is 14.2. The van der Waals surface area contributed by atoms with Crippen LogP contribution >= 0.6 is 0 Å². The first-order chi connectivity index (χ1) is 7.06. The van der Waals surface area contributed by atoms with Crippen molar-refractivity contribution in [3.8, 4) is 0 Å². The zero-order valence-electron chi connectivity index (χ0n) is 10.2. The summed E-state index contributed by atoms with van der Waals surface area (Å²) in [5.74, 6) is 0. The summed E-state index contributed by atoms with van der Waals surface area (Å²) in [6.45, 7) is 6.21.